The van der Waals surface area contributed by atoms with Gasteiger partial charge in [-0.05, 0) is 55.6 Å². The number of likely N-dealkylation sites (N-methyl/N-ethyl adjacent to an activating group) is 1. The van der Waals surface area contributed by atoms with Crippen LogP contribution in [0.2, 0.25) is 0 Å². The molecule has 0 bridgehead atoms. The number of nitrogens with zero attached hydrogens (tertiary/aromatic N) is 1. The second-order valence-corrected chi connectivity index (χ2v) is 6.33. The molecule has 2 atom stereocenters. The summed E-state index contributed by atoms with van der Waals surface area (Å²) in [5.74, 6) is 0.101. The van der Waals surface area contributed by atoms with E-state index in [2.05, 4.69) is 32.3 Å². The highest BCUT2D eigenvalue weighted by atomic mass is 79.9. The van der Waals surface area contributed by atoms with Crippen LogP contribution in [-0.2, 0) is 6.42 Å². The van der Waals surface area contributed by atoms with Gasteiger partial charge in [0.1, 0.15) is 5.82 Å². The zero-order chi connectivity index (χ0) is 14.8. The molecule has 1 aromatic carbocycles. The van der Waals surface area contributed by atoms with Crippen molar-refractivity contribution in [1.29, 1.82) is 0 Å². The summed E-state index contributed by atoms with van der Waals surface area (Å²) in [4.78, 5) is 4.61. The molecule has 0 spiro atoms. The van der Waals surface area contributed by atoms with E-state index in [4.69, 9.17) is 0 Å². The summed E-state index contributed by atoms with van der Waals surface area (Å²) in [7, 11) is 1.96. The van der Waals surface area contributed by atoms with Gasteiger partial charge >= 0.3 is 0 Å². The molecule has 1 aromatic heterocycles. The third kappa shape index (κ3) is 2.87. The minimum atomic E-state index is -0.220. The number of hydrogen-bond acceptors (Lipinski definition) is 2. The van der Waals surface area contributed by atoms with Crippen molar-refractivity contribution < 1.29 is 4.39 Å². The van der Waals surface area contributed by atoms with Crippen LogP contribution in [0.25, 0.3) is 0 Å². The zero-order valence-corrected chi connectivity index (χ0v) is 13.5. The largest absolute Gasteiger partial charge is 0.312 e. The van der Waals surface area contributed by atoms with Crippen molar-refractivity contribution in [2.24, 2.45) is 0 Å². The molecule has 3 rings (SSSR count). The van der Waals surface area contributed by atoms with Crippen molar-refractivity contribution in [2.45, 2.75) is 31.2 Å². The van der Waals surface area contributed by atoms with Gasteiger partial charge in [0.15, 0.2) is 0 Å². The summed E-state index contributed by atoms with van der Waals surface area (Å²) in [5.41, 5.74) is 3.61. The molecule has 0 aliphatic heterocycles. The summed E-state index contributed by atoms with van der Waals surface area (Å²) in [6.07, 6.45) is 5.23. The summed E-state index contributed by atoms with van der Waals surface area (Å²) in [6, 6.07) is 9.21. The predicted octanol–water partition coefficient (Wildman–Crippen LogP) is 4.36. The van der Waals surface area contributed by atoms with Crippen LogP contribution >= 0.6 is 15.9 Å². The van der Waals surface area contributed by atoms with Crippen molar-refractivity contribution in [3.63, 3.8) is 0 Å². The van der Waals surface area contributed by atoms with Crippen LogP contribution in [0.4, 0.5) is 4.39 Å². The molecule has 1 heterocycles. The van der Waals surface area contributed by atoms with E-state index in [0.717, 1.165) is 22.9 Å². The van der Waals surface area contributed by atoms with Crippen LogP contribution in [-0.4, -0.2) is 12.0 Å². The summed E-state index contributed by atoms with van der Waals surface area (Å²) < 4.78 is 14.1. The standard InChI is InChI=1S/C17H18BrFN2/c1-20-17(13-8-7-12(19)10-15(13)18)14-6-2-4-11-5-3-9-21-16(11)14/h3,5,7-10,14,17,20H,2,4,6H2,1H3. The fourth-order valence-electron chi connectivity index (χ4n) is 3.30. The summed E-state index contributed by atoms with van der Waals surface area (Å²) >= 11 is 3.49. The molecule has 2 unspecified atom stereocenters. The molecule has 0 fully saturated rings. The van der Waals surface area contributed by atoms with E-state index in [-0.39, 0.29) is 11.9 Å². The molecular formula is C17H18BrFN2. The molecule has 0 saturated carbocycles. The number of hydrogen-bond donors (Lipinski definition) is 1. The first-order valence-electron chi connectivity index (χ1n) is 7.26. The minimum absolute atomic E-state index is 0.133. The average molecular weight is 349 g/mol. The minimum Gasteiger partial charge on any atom is -0.312 e. The first-order valence-corrected chi connectivity index (χ1v) is 8.06. The number of pyridine rings is 1. The molecular weight excluding hydrogens is 331 g/mol. The second kappa shape index (κ2) is 6.24. The Morgan fingerprint density at radius 2 is 2.24 bits per heavy atom. The SMILES string of the molecule is CNC(c1ccc(F)cc1Br)C1CCCc2cccnc21. The highest BCUT2D eigenvalue weighted by Gasteiger charge is 2.30. The Kier molecular flexibility index (Phi) is 4.36. The van der Waals surface area contributed by atoms with Crippen LogP contribution in [0.15, 0.2) is 41.0 Å². The van der Waals surface area contributed by atoms with E-state index in [1.807, 2.05) is 25.4 Å². The second-order valence-electron chi connectivity index (χ2n) is 5.48. The van der Waals surface area contributed by atoms with Crippen LogP contribution in [0.3, 0.4) is 0 Å². The topological polar surface area (TPSA) is 24.9 Å². The highest BCUT2D eigenvalue weighted by molar-refractivity contribution is 9.10. The van der Waals surface area contributed by atoms with Gasteiger partial charge in [-0.3, -0.25) is 4.98 Å². The van der Waals surface area contributed by atoms with Crippen molar-refractivity contribution in [2.75, 3.05) is 7.05 Å². The fraction of sp³-hybridized carbons (Fsp3) is 0.353. The predicted molar refractivity (Wildman–Crippen MR) is 85.8 cm³/mol. The maximum atomic E-state index is 13.3. The van der Waals surface area contributed by atoms with Gasteiger partial charge in [-0.15, -0.1) is 0 Å². The van der Waals surface area contributed by atoms with Gasteiger partial charge in [0.2, 0.25) is 0 Å². The van der Waals surface area contributed by atoms with Crippen molar-refractivity contribution in [1.82, 2.24) is 10.3 Å². The lowest BCUT2D eigenvalue weighted by molar-refractivity contribution is 0.414. The number of halogens is 2. The average Bonchev–Trinajstić information content (AvgIpc) is 2.50. The first kappa shape index (κ1) is 14.7. The molecule has 1 aliphatic carbocycles. The van der Waals surface area contributed by atoms with E-state index < -0.39 is 0 Å². The molecule has 1 N–H and O–H groups in total. The van der Waals surface area contributed by atoms with Crippen LogP contribution in [0.5, 0.6) is 0 Å². The fourth-order valence-corrected chi connectivity index (χ4v) is 3.89. The van der Waals surface area contributed by atoms with Crippen LogP contribution in [0.1, 0.15) is 41.6 Å². The number of aryl methyl sites for hydroxylation is 1. The van der Waals surface area contributed by atoms with Gasteiger partial charge in [-0.1, -0.05) is 28.1 Å². The van der Waals surface area contributed by atoms with Gasteiger partial charge in [-0.25, -0.2) is 4.39 Å². The van der Waals surface area contributed by atoms with Gasteiger partial charge in [0.25, 0.3) is 0 Å². The molecule has 0 saturated heterocycles. The number of aromatic nitrogens is 1. The molecule has 2 nitrogen and oxygen atoms in total. The van der Waals surface area contributed by atoms with Gasteiger partial charge in [0, 0.05) is 28.3 Å². The van der Waals surface area contributed by atoms with Crippen molar-refractivity contribution in [3.8, 4) is 0 Å². The normalized spacial score (nSPS) is 19.1. The monoisotopic (exact) mass is 348 g/mol. The van der Waals surface area contributed by atoms with Crippen molar-refractivity contribution >= 4 is 15.9 Å². The molecule has 1 aliphatic rings. The third-order valence-corrected chi connectivity index (χ3v) is 4.94. The highest BCUT2D eigenvalue weighted by Crippen LogP contribution is 2.41. The summed E-state index contributed by atoms with van der Waals surface area (Å²) in [5, 5.41) is 3.40. The zero-order valence-electron chi connectivity index (χ0n) is 11.9. The third-order valence-electron chi connectivity index (χ3n) is 4.25. The molecule has 0 amide bonds. The van der Waals surface area contributed by atoms with Crippen LogP contribution < -0.4 is 5.32 Å². The molecule has 21 heavy (non-hydrogen) atoms. The molecule has 4 heteroatoms. The van der Waals surface area contributed by atoms with E-state index in [1.165, 1.54) is 29.8 Å². The quantitative estimate of drug-likeness (QED) is 0.890. The van der Waals surface area contributed by atoms with E-state index in [9.17, 15) is 4.39 Å². The van der Waals surface area contributed by atoms with Crippen molar-refractivity contribution in [3.05, 3.63) is 63.6 Å². The smallest absolute Gasteiger partial charge is 0.124 e. The Hall–Kier alpha value is -1.26. The maximum Gasteiger partial charge on any atom is 0.124 e. The Labute approximate surface area is 132 Å². The summed E-state index contributed by atoms with van der Waals surface area (Å²) in [6.45, 7) is 0. The first-order chi connectivity index (χ1) is 10.2. The number of nitrogens with one attached hydrogen (secondary N) is 1. The molecule has 0 radical (unpaired) electrons. The van der Waals surface area contributed by atoms with E-state index in [0.29, 0.717) is 5.92 Å². The lowest BCUT2D eigenvalue weighted by Crippen LogP contribution is -2.27. The Balaban J connectivity index is 2.01. The van der Waals surface area contributed by atoms with Crippen LogP contribution in [0, 0.1) is 5.82 Å². The van der Waals surface area contributed by atoms with E-state index in [1.54, 1.807) is 0 Å². The van der Waals surface area contributed by atoms with Gasteiger partial charge in [0.05, 0.1) is 0 Å². The number of fused-ring (bicyclic) bond motifs is 1. The van der Waals surface area contributed by atoms with Gasteiger partial charge in [-0.2, -0.15) is 0 Å². The number of benzene rings is 1. The van der Waals surface area contributed by atoms with Gasteiger partial charge < -0.3 is 5.32 Å². The lowest BCUT2D eigenvalue weighted by Gasteiger charge is -2.32. The maximum absolute atomic E-state index is 13.3. The Morgan fingerprint density at radius 1 is 1.38 bits per heavy atom. The lowest BCUT2D eigenvalue weighted by atomic mass is 9.79. The Bertz CT molecular complexity index is 644. The Morgan fingerprint density at radius 3 is 3.00 bits per heavy atom. The molecule has 110 valence electrons. The number of rotatable bonds is 3. The molecule has 2 aromatic rings. The van der Waals surface area contributed by atoms with E-state index >= 15 is 0 Å².